The van der Waals surface area contributed by atoms with Gasteiger partial charge in [-0.3, -0.25) is 0 Å². The van der Waals surface area contributed by atoms with Crippen LogP contribution < -0.4 is 14.8 Å². The summed E-state index contributed by atoms with van der Waals surface area (Å²) in [6, 6.07) is 14.9. The largest absolute Gasteiger partial charge is 0.454 e. The van der Waals surface area contributed by atoms with Gasteiger partial charge in [-0.1, -0.05) is 18.2 Å². The van der Waals surface area contributed by atoms with Crippen LogP contribution in [-0.4, -0.2) is 34.6 Å². The van der Waals surface area contributed by atoms with Gasteiger partial charge in [0.25, 0.3) is 0 Å². The molecular weight excluding hydrogens is 332 g/mol. The summed E-state index contributed by atoms with van der Waals surface area (Å²) in [4.78, 5) is 14.0. The van der Waals surface area contributed by atoms with Gasteiger partial charge in [-0.2, -0.15) is 5.10 Å². The number of rotatable bonds is 4. The number of carbonyl (C=O) groups is 1. The maximum absolute atomic E-state index is 12.4. The van der Waals surface area contributed by atoms with Crippen LogP contribution in [0.15, 0.2) is 60.9 Å². The van der Waals surface area contributed by atoms with E-state index in [1.807, 2.05) is 36.5 Å². The first-order valence-electron chi connectivity index (χ1n) is 8.20. The SMILES string of the molecule is CN(Cc1cnn(-c2ccccc2)c1)C(=O)Nc1ccc2c(c1)OCO2. The van der Waals surface area contributed by atoms with Crippen molar-refractivity contribution in [1.82, 2.24) is 14.7 Å². The molecule has 3 aromatic rings. The molecule has 2 heterocycles. The van der Waals surface area contributed by atoms with E-state index in [-0.39, 0.29) is 12.8 Å². The van der Waals surface area contributed by atoms with E-state index >= 15 is 0 Å². The predicted molar refractivity (Wildman–Crippen MR) is 96.6 cm³/mol. The molecule has 1 N–H and O–H groups in total. The molecule has 0 bridgehead atoms. The monoisotopic (exact) mass is 350 g/mol. The lowest BCUT2D eigenvalue weighted by Crippen LogP contribution is -2.30. The Morgan fingerprint density at radius 2 is 2.00 bits per heavy atom. The highest BCUT2D eigenvalue weighted by Gasteiger charge is 2.16. The Kier molecular flexibility index (Phi) is 4.18. The zero-order chi connectivity index (χ0) is 17.9. The van der Waals surface area contributed by atoms with Crippen molar-refractivity contribution in [2.45, 2.75) is 6.54 Å². The molecule has 2 aromatic carbocycles. The van der Waals surface area contributed by atoms with Crippen molar-refractivity contribution < 1.29 is 14.3 Å². The molecule has 7 heteroatoms. The Labute approximate surface area is 150 Å². The lowest BCUT2D eigenvalue weighted by molar-refractivity contribution is 0.174. The van der Waals surface area contributed by atoms with E-state index in [1.54, 1.807) is 41.0 Å². The van der Waals surface area contributed by atoms with Gasteiger partial charge in [-0.05, 0) is 24.3 Å². The molecule has 2 amide bonds. The molecular formula is C19H18N4O3. The van der Waals surface area contributed by atoms with Crippen LogP contribution in [0.25, 0.3) is 5.69 Å². The summed E-state index contributed by atoms with van der Waals surface area (Å²) in [5.74, 6) is 1.32. The summed E-state index contributed by atoms with van der Waals surface area (Å²) >= 11 is 0. The predicted octanol–water partition coefficient (Wildman–Crippen LogP) is 3.26. The summed E-state index contributed by atoms with van der Waals surface area (Å²) in [6.07, 6.45) is 3.68. The number of nitrogens with zero attached hydrogens (tertiary/aromatic N) is 3. The second kappa shape index (κ2) is 6.79. The molecule has 0 unspecified atom stereocenters. The van der Waals surface area contributed by atoms with Crippen LogP contribution in [0.1, 0.15) is 5.56 Å². The molecule has 0 saturated carbocycles. The highest BCUT2D eigenvalue weighted by molar-refractivity contribution is 5.89. The third-order valence-corrected chi connectivity index (χ3v) is 4.05. The van der Waals surface area contributed by atoms with Gasteiger partial charge in [0.1, 0.15) is 0 Å². The van der Waals surface area contributed by atoms with Crippen LogP contribution in [-0.2, 0) is 6.54 Å². The number of urea groups is 1. The minimum atomic E-state index is -0.212. The summed E-state index contributed by atoms with van der Waals surface area (Å²) in [7, 11) is 1.74. The average Bonchev–Trinajstić information content (AvgIpc) is 3.31. The molecule has 1 aromatic heterocycles. The average molecular weight is 350 g/mol. The second-order valence-electron chi connectivity index (χ2n) is 5.98. The molecule has 26 heavy (non-hydrogen) atoms. The van der Waals surface area contributed by atoms with Crippen LogP contribution in [0.2, 0.25) is 0 Å². The molecule has 0 aliphatic carbocycles. The zero-order valence-electron chi connectivity index (χ0n) is 14.3. The molecule has 1 aliphatic heterocycles. The van der Waals surface area contributed by atoms with Crippen molar-refractivity contribution in [2.24, 2.45) is 0 Å². The van der Waals surface area contributed by atoms with Crippen LogP contribution in [0.4, 0.5) is 10.5 Å². The first-order chi connectivity index (χ1) is 12.7. The third-order valence-electron chi connectivity index (χ3n) is 4.05. The van der Waals surface area contributed by atoms with Gasteiger partial charge >= 0.3 is 6.03 Å². The van der Waals surface area contributed by atoms with Crippen LogP contribution >= 0.6 is 0 Å². The molecule has 0 fully saturated rings. The quantitative estimate of drug-likeness (QED) is 0.784. The Balaban J connectivity index is 1.39. The fraction of sp³-hybridized carbons (Fsp3) is 0.158. The summed E-state index contributed by atoms with van der Waals surface area (Å²) in [6.45, 7) is 0.654. The van der Waals surface area contributed by atoms with E-state index in [0.29, 0.717) is 23.7 Å². The number of anilines is 1. The van der Waals surface area contributed by atoms with E-state index < -0.39 is 0 Å². The molecule has 1 aliphatic rings. The number of hydrogen-bond donors (Lipinski definition) is 1. The normalized spacial score (nSPS) is 12.0. The lowest BCUT2D eigenvalue weighted by Gasteiger charge is -2.17. The Morgan fingerprint density at radius 1 is 1.19 bits per heavy atom. The van der Waals surface area contributed by atoms with Crippen molar-refractivity contribution in [3.8, 4) is 17.2 Å². The van der Waals surface area contributed by atoms with E-state index in [1.165, 1.54) is 0 Å². The standard InChI is InChI=1S/C19H18N4O3/c1-22(11-14-10-20-23(12-14)16-5-3-2-4-6-16)19(24)21-15-7-8-17-18(9-15)26-13-25-17/h2-10,12H,11,13H2,1H3,(H,21,24). The Morgan fingerprint density at radius 3 is 2.85 bits per heavy atom. The summed E-state index contributed by atoms with van der Waals surface area (Å²) in [5.41, 5.74) is 2.58. The first kappa shape index (κ1) is 16.0. The van der Waals surface area contributed by atoms with E-state index in [4.69, 9.17) is 9.47 Å². The van der Waals surface area contributed by atoms with Gasteiger partial charge in [0, 0.05) is 30.6 Å². The maximum atomic E-state index is 12.4. The third kappa shape index (κ3) is 3.32. The maximum Gasteiger partial charge on any atom is 0.321 e. The summed E-state index contributed by atoms with van der Waals surface area (Å²) < 4.78 is 12.4. The van der Waals surface area contributed by atoms with Gasteiger partial charge < -0.3 is 19.7 Å². The van der Waals surface area contributed by atoms with Crippen molar-refractivity contribution in [3.05, 3.63) is 66.5 Å². The minimum absolute atomic E-state index is 0.206. The number of para-hydroxylation sites is 1. The number of amides is 2. The van der Waals surface area contributed by atoms with E-state index in [0.717, 1.165) is 11.3 Å². The second-order valence-corrected chi connectivity index (χ2v) is 5.98. The Bertz CT molecular complexity index is 924. The number of benzene rings is 2. The van der Waals surface area contributed by atoms with E-state index in [2.05, 4.69) is 10.4 Å². The molecule has 7 nitrogen and oxygen atoms in total. The molecule has 0 atom stereocenters. The van der Waals surface area contributed by atoms with Crippen molar-refractivity contribution in [3.63, 3.8) is 0 Å². The smallest absolute Gasteiger partial charge is 0.321 e. The Hall–Kier alpha value is -3.48. The number of fused-ring (bicyclic) bond motifs is 1. The van der Waals surface area contributed by atoms with Gasteiger partial charge in [0.15, 0.2) is 11.5 Å². The molecule has 0 spiro atoms. The van der Waals surface area contributed by atoms with Crippen molar-refractivity contribution in [2.75, 3.05) is 19.2 Å². The van der Waals surface area contributed by atoms with Gasteiger partial charge in [-0.15, -0.1) is 0 Å². The van der Waals surface area contributed by atoms with Gasteiger partial charge in [0.2, 0.25) is 6.79 Å². The first-order valence-corrected chi connectivity index (χ1v) is 8.20. The van der Waals surface area contributed by atoms with E-state index in [9.17, 15) is 4.79 Å². The van der Waals surface area contributed by atoms with Crippen molar-refractivity contribution in [1.29, 1.82) is 0 Å². The topological polar surface area (TPSA) is 68.6 Å². The fourth-order valence-electron chi connectivity index (χ4n) is 2.70. The van der Waals surface area contributed by atoms with Crippen LogP contribution in [0.3, 0.4) is 0 Å². The van der Waals surface area contributed by atoms with Gasteiger partial charge in [-0.25, -0.2) is 9.48 Å². The molecule has 4 rings (SSSR count). The molecule has 0 radical (unpaired) electrons. The fourth-order valence-corrected chi connectivity index (χ4v) is 2.70. The van der Waals surface area contributed by atoms with Crippen molar-refractivity contribution >= 4 is 11.7 Å². The number of ether oxygens (including phenoxy) is 2. The zero-order valence-corrected chi connectivity index (χ0v) is 14.3. The molecule has 0 saturated heterocycles. The highest BCUT2D eigenvalue weighted by Crippen LogP contribution is 2.34. The van der Waals surface area contributed by atoms with Crippen LogP contribution in [0.5, 0.6) is 11.5 Å². The highest BCUT2D eigenvalue weighted by atomic mass is 16.7. The lowest BCUT2D eigenvalue weighted by atomic mass is 10.3. The summed E-state index contributed by atoms with van der Waals surface area (Å²) in [5, 5.41) is 7.20. The number of carbonyl (C=O) groups excluding carboxylic acids is 1. The minimum Gasteiger partial charge on any atom is -0.454 e. The van der Waals surface area contributed by atoms with Crippen LogP contribution in [0, 0.1) is 0 Å². The number of hydrogen-bond acceptors (Lipinski definition) is 4. The van der Waals surface area contributed by atoms with Gasteiger partial charge in [0.05, 0.1) is 18.4 Å². The number of nitrogens with one attached hydrogen (secondary N) is 1. The molecule has 132 valence electrons. The number of aromatic nitrogens is 2.